The largest absolute Gasteiger partial charge is 0.506 e. The van der Waals surface area contributed by atoms with Gasteiger partial charge in [0.15, 0.2) is 0 Å². The van der Waals surface area contributed by atoms with Crippen LogP contribution in [0.5, 0.6) is 11.5 Å². The number of carbonyl (C=O) groups is 1. The van der Waals surface area contributed by atoms with Gasteiger partial charge in [0.25, 0.3) is 0 Å². The number of aromatic amines is 1. The number of nitrogens with one attached hydrogen (secondary N) is 2. The SMILES string of the molecule is O=C(O)[C@H](Cc1c[nH]c2ccccc12)Nc1c(O)cccc1O. The lowest BCUT2D eigenvalue weighted by Crippen LogP contribution is -2.31. The molecular formula is C17H16N2O4. The van der Waals surface area contributed by atoms with Crippen LogP contribution in [0.25, 0.3) is 10.9 Å². The highest BCUT2D eigenvalue weighted by Gasteiger charge is 2.22. The van der Waals surface area contributed by atoms with Crippen molar-refractivity contribution in [3.8, 4) is 11.5 Å². The summed E-state index contributed by atoms with van der Waals surface area (Å²) in [6.07, 6.45) is 1.97. The molecule has 0 fully saturated rings. The van der Waals surface area contributed by atoms with Crippen LogP contribution in [0, 0.1) is 0 Å². The lowest BCUT2D eigenvalue weighted by Gasteiger charge is -2.17. The van der Waals surface area contributed by atoms with Crippen LogP contribution in [-0.2, 0) is 11.2 Å². The van der Waals surface area contributed by atoms with Gasteiger partial charge < -0.3 is 25.6 Å². The van der Waals surface area contributed by atoms with E-state index in [0.717, 1.165) is 16.5 Å². The monoisotopic (exact) mass is 312 g/mol. The van der Waals surface area contributed by atoms with E-state index < -0.39 is 12.0 Å². The van der Waals surface area contributed by atoms with Crippen molar-refractivity contribution in [3.05, 3.63) is 54.2 Å². The summed E-state index contributed by atoms with van der Waals surface area (Å²) in [7, 11) is 0. The summed E-state index contributed by atoms with van der Waals surface area (Å²) in [6, 6.07) is 10.9. The molecule has 6 heteroatoms. The minimum absolute atomic E-state index is 0.0136. The molecule has 1 atom stereocenters. The number of benzene rings is 2. The van der Waals surface area contributed by atoms with Gasteiger partial charge in [-0.2, -0.15) is 0 Å². The Morgan fingerprint density at radius 3 is 2.48 bits per heavy atom. The molecule has 0 amide bonds. The molecule has 0 radical (unpaired) electrons. The maximum atomic E-state index is 11.6. The molecule has 3 rings (SSSR count). The van der Waals surface area contributed by atoms with Crippen molar-refractivity contribution in [2.45, 2.75) is 12.5 Å². The van der Waals surface area contributed by atoms with E-state index in [4.69, 9.17) is 0 Å². The van der Waals surface area contributed by atoms with Crippen molar-refractivity contribution < 1.29 is 20.1 Å². The second-order valence-electron chi connectivity index (χ2n) is 5.27. The van der Waals surface area contributed by atoms with Crippen LogP contribution < -0.4 is 5.32 Å². The fraction of sp³-hybridized carbons (Fsp3) is 0.118. The first kappa shape index (κ1) is 14.8. The summed E-state index contributed by atoms with van der Waals surface area (Å²) < 4.78 is 0. The van der Waals surface area contributed by atoms with E-state index in [1.54, 1.807) is 6.20 Å². The first-order chi connectivity index (χ1) is 11.1. The zero-order chi connectivity index (χ0) is 16.4. The summed E-state index contributed by atoms with van der Waals surface area (Å²) in [4.78, 5) is 14.7. The van der Waals surface area contributed by atoms with E-state index in [9.17, 15) is 20.1 Å². The van der Waals surface area contributed by atoms with Crippen molar-refractivity contribution in [1.82, 2.24) is 4.98 Å². The molecular weight excluding hydrogens is 296 g/mol. The average Bonchev–Trinajstić information content (AvgIpc) is 2.93. The van der Waals surface area contributed by atoms with Gasteiger partial charge in [-0.05, 0) is 23.8 Å². The highest BCUT2D eigenvalue weighted by molar-refractivity contribution is 5.85. The summed E-state index contributed by atoms with van der Waals surface area (Å²) in [5, 5.41) is 32.7. The highest BCUT2D eigenvalue weighted by Crippen LogP contribution is 2.33. The second kappa shape index (κ2) is 5.92. The Morgan fingerprint density at radius 1 is 1.09 bits per heavy atom. The number of hydrogen-bond donors (Lipinski definition) is 5. The molecule has 0 saturated heterocycles. The minimum Gasteiger partial charge on any atom is -0.506 e. The van der Waals surface area contributed by atoms with Gasteiger partial charge in [-0.15, -0.1) is 0 Å². The molecule has 2 aromatic carbocycles. The number of hydrogen-bond acceptors (Lipinski definition) is 4. The zero-order valence-corrected chi connectivity index (χ0v) is 12.2. The molecule has 23 heavy (non-hydrogen) atoms. The van der Waals surface area contributed by atoms with Crippen molar-refractivity contribution in [2.24, 2.45) is 0 Å². The van der Waals surface area contributed by atoms with Gasteiger partial charge in [0.2, 0.25) is 0 Å². The number of carboxylic acid groups (broad SMARTS) is 1. The lowest BCUT2D eigenvalue weighted by atomic mass is 10.0. The van der Waals surface area contributed by atoms with Crippen molar-refractivity contribution >= 4 is 22.6 Å². The molecule has 0 bridgehead atoms. The standard InChI is InChI=1S/C17H16N2O4/c20-14-6-3-7-15(21)16(14)19-13(17(22)23)8-10-9-18-12-5-2-1-4-11(10)12/h1-7,9,13,18-21H,8H2,(H,22,23)/t13-/m0/s1. The van der Waals surface area contributed by atoms with Gasteiger partial charge in [-0.1, -0.05) is 24.3 Å². The maximum absolute atomic E-state index is 11.6. The lowest BCUT2D eigenvalue weighted by molar-refractivity contribution is -0.137. The van der Waals surface area contributed by atoms with Crippen LogP contribution in [0.3, 0.4) is 0 Å². The minimum atomic E-state index is -1.07. The number of aliphatic carboxylic acids is 1. The molecule has 0 aliphatic heterocycles. The topological polar surface area (TPSA) is 106 Å². The number of para-hydroxylation sites is 2. The molecule has 5 N–H and O–H groups in total. The van der Waals surface area contributed by atoms with Crippen molar-refractivity contribution in [3.63, 3.8) is 0 Å². The van der Waals surface area contributed by atoms with Gasteiger partial charge in [0.1, 0.15) is 23.2 Å². The smallest absolute Gasteiger partial charge is 0.326 e. The number of H-pyrrole nitrogens is 1. The molecule has 118 valence electrons. The van der Waals surface area contributed by atoms with Gasteiger partial charge in [0.05, 0.1) is 0 Å². The Balaban J connectivity index is 1.89. The van der Waals surface area contributed by atoms with Crippen molar-refractivity contribution in [1.29, 1.82) is 0 Å². The Labute approximate surface area is 132 Å². The predicted octanol–water partition coefficient (Wildman–Crippen LogP) is 2.69. The molecule has 1 heterocycles. The molecule has 0 aliphatic carbocycles. The van der Waals surface area contributed by atoms with E-state index in [-0.39, 0.29) is 23.6 Å². The summed E-state index contributed by atoms with van der Waals surface area (Å²) in [5.74, 6) is -1.47. The Kier molecular flexibility index (Phi) is 3.80. The van der Waals surface area contributed by atoms with Crippen LogP contribution in [0.4, 0.5) is 5.69 Å². The fourth-order valence-electron chi connectivity index (χ4n) is 2.57. The Bertz CT molecular complexity index is 836. The van der Waals surface area contributed by atoms with E-state index in [1.165, 1.54) is 18.2 Å². The predicted molar refractivity (Wildman–Crippen MR) is 86.8 cm³/mol. The third-order valence-corrected chi connectivity index (χ3v) is 3.74. The van der Waals surface area contributed by atoms with Gasteiger partial charge in [0, 0.05) is 23.5 Å². The highest BCUT2D eigenvalue weighted by atomic mass is 16.4. The second-order valence-corrected chi connectivity index (χ2v) is 5.27. The molecule has 6 nitrogen and oxygen atoms in total. The van der Waals surface area contributed by atoms with E-state index in [0.29, 0.717) is 0 Å². The van der Waals surface area contributed by atoms with Crippen LogP contribution in [0.2, 0.25) is 0 Å². The summed E-state index contributed by atoms with van der Waals surface area (Å²) in [5.41, 5.74) is 1.78. The molecule has 1 aromatic heterocycles. The number of anilines is 1. The van der Waals surface area contributed by atoms with E-state index in [1.807, 2.05) is 24.3 Å². The molecule has 0 saturated carbocycles. The average molecular weight is 312 g/mol. The Morgan fingerprint density at radius 2 is 1.78 bits per heavy atom. The summed E-state index contributed by atoms with van der Waals surface area (Å²) >= 11 is 0. The number of phenols is 2. The number of phenolic OH excluding ortho intramolecular Hbond substituents is 2. The van der Waals surface area contributed by atoms with Crippen LogP contribution in [0.1, 0.15) is 5.56 Å². The first-order valence-electron chi connectivity index (χ1n) is 7.11. The quantitative estimate of drug-likeness (QED) is 0.466. The molecule has 0 spiro atoms. The number of fused-ring (bicyclic) bond motifs is 1. The number of rotatable bonds is 5. The van der Waals surface area contributed by atoms with Crippen LogP contribution in [-0.4, -0.2) is 32.3 Å². The van der Waals surface area contributed by atoms with Crippen LogP contribution in [0.15, 0.2) is 48.7 Å². The fourth-order valence-corrected chi connectivity index (χ4v) is 2.57. The third kappa shape index (κ3) is 2.91. The normalized spacial score (nSPS) is 12.2. The maximum Gasteiger partial charge on any atom is 0.326 e. The molecule has 3 aromatic rings. The number of aromatic hydroxyl groups is 2. The molecule has 0 aliphatic rings. The third-order valence-electron chi connectivity index (χ3n) is 3.74. The van der Waals surface area contributed by atoms with Crippen LogP contribution >= 0.6 is 0 Å². The zero-order valence-electron chi connectivity index (χ0n) is 12.2. The summed E-state index contributed by atoms with van der Waals surface area (Å²) in [6.45, 7) is 0. The number of aromatic nitrogens is 1. The Hall–Kier alpha value is -3.15. The van der Waals surface area contributed by atoms with Crippen molar-refractivity contribution in [2.75, 3.05) is 5.32 Å². The number of carboxylic acids is 1. The van der Waals surface area contributed by atoms with Gasteiger partial charge in [-0.3, -0.25) is 0 Å². The van der Waals surface area contributed by atoms with E-state index >= 15 is 0 Å². The molecule has 0 unspecified atom stereocenters. The van der Waals surface area contributed by atoms with Gasteiger partial charge in [-0.25, -0.2) is 4.79 Å². The van der Waals surface area contributed by atoms with E-state index in [2.05, 4.69) is 10.3 Å². The first-order valence-corrected chi connectivity index (χ1v) is 7.11. The van der Waals surface area contributed by atoms with Gasteiger partial charge >= 0.3 is 5.97 Å².